The zero-order chi connectivity index (χ0) is 18.7. The van der Waals surface area contributed by atoms with Gasteiger partial charge in [-0.3, -0.25) is 4.90 Å². The highest BCUT2D eigenvalue weighted by molar-refractivity contribution is 7.99. The third kappa shape index (κ3) is 4.53. The average Bonchev–Trinajstić information content (AvgIpc) is 2.94. The summed E-state index contributed by atoms with van der Waals surface area (Å²) in [5.74, 6) is 1.91. The van der Waals surface area contributed by atoms with Crippen LogP contribution < -0.4 is 0 Å². The standard InChI is InChI=1S/C20H30N2O3S2/c23-27(24,20-7-6-17-4-1-2-5-18(17)14-20)22-8-3-13-26-16-19(22)15-21-9-11-25-12-10-21/h6-7,14,19H,1-5,8-13,15-16H2/t19-/m0/s1. The van der Waals surface area contributed by atoms with E-state index in [0.29, 0.717) is 11.4 Å². The quantitative estimate of drug-likeness (QED) is 0.763. The van der Waals surface area contributed by atoms with Crippen LogP contribution in [0.1, 0.15) is 30.4 Å². The average molecular weight is 411 g/mol. The van der Waals surface area contributed by atoms with E-state index in [2.05, 4.69) is 4.90 Å². The van der Waals surface area contributed by atoms with E-state index < -0.39 is 10.0 Å². The number of benzene rings is 1. The van der Waals surface area contributed by atoms with Gasteiger partial charge in [0, 0.05) is 38.0 Å². The summed E-state index contributed by atoms with van der Waals surface area (Å²) in [6.07, 6.45) is 5.39. The molecule has 4 rings (SSSR count). The summed E-state index contributed by atoms with van der Waals surface area (Å²) in [4.78, 5) is 2.84. The minimum atomic E-state index is -3.46. The molecule has 0 aromatic heterocycles. The molecule has 0 spiro atoms. The van der Waals surface area contributed by atoms with Crippen molar-refractivity contribution in [3.8, 4) is 0 Å². The van der Waals surface area contributed by atoms with Crippen molar-refractivity contribution in [1.82, 2.24) is 9.21 Å². The second-order valence-corrected chi connectivity index (χ2v) is 10.8. The van der Waals surface area contributed by atoms with Crippen molar-refractivity contribution in [1.29, 1.82) is 0 Å². The van der Waals surface area contributed by atoms with Gasteiger partial charge in [-0.25, -0.2) is 8.42 Å². The van der Waals surface area contributed by atoms with Crippen LogP contribution in [0.25, 0.3) is 0 Å². The van der Waals surface area contributed by atoms with Crippen molar-refractivity contribution in [2.24, 2.45) is 0 Å². The van der Waals surface area contributed by atoms with Crippen molar-refractivity contribution in [3.63, 3.8) is 0 Å². The number of fused-ring (bicyclic) bond motifs is 1. The van der Waals surface area contributed by atoms with Gasteiger partial charge in [-0.05, 0) is 61.1 Å². The number of thioether (sulfide) groups is 1. The molecule has 1 aromatic carbocycles. The maximum Gasteiger partial charge on any atom is 0.243 e. The smallest absolute Gasteiger partial charge is 0.243 e. The van der Waals surface area contributed by atoms with Crippen molar-refractivity contribution >= 4 is 21.8 Å². The van der Waals surface area contributed by atoms with Crippen molar-refractivity contribution in [2.45, 2.75) is 43.0 Å². The summed E-state index contributed by atoms with van der Waals surface area (Å²) in [7, 11) is -3.46. The Morgan fingerprint density at radius 2 is 1.81 bits per heavy atom. The molecule has 5 nitrogen and oxygen atoms in total. The van der Waals surface area contributed by atoms with E-state index in [0.717, 1.165) is 70.0 Å². The molecule has 1 aliphatic carbocycles. The Morgan fingerprint density at radius 1 is 1.04 bits per heavy atom. The van der Waals surface area contributed by atoms with Gasteiger partial charge in [0.05, 0.1) is 18.1 Å². The Morgan fingerprint density at radius 3 is 2.63 bits per heavy atom. The molecule has 7 heteroatoms. The molecular weight excluding hydrogens is 380 g/mol. The van der Waals surface area contributed by atoms with E-state index in [1.807, 2.05) is 30.0 Å². The molecule has 0 unspecified atom stereocenters. The van der Waals surface area contributed by atoms with E-state index >= 15 is 0 Å². The summed E-state index contributed by atoms with van der Waals surface area (Å²) in [6.45, 7) is 4.72. The lowest BCUT2D eigenvalue weighted by Crippen LogP contribution is -2.50. The number of nitrogens with zero attached hydrogens (tertiary/aromatic N) is 2. The fourth-order valence-corrected chi connectivity index (χ4v) is 7.21. The maximum atomic E-state index is 13.6. The van der Waals surface area contributed by atoms with Gasteiger partial charge in [0.1, 0.15) is 0 Å². The number of sulfonamides is 1. The Bertz CT molecular complexity index is 748. The van der Waals surface area contributed by atoms with Crippen LogP contribution in [0.3, 0.4) is 0 Å². The molecule has 3 aliphatic rings. The molecule has 1 atom stereocenters. The summed E-state index contributed by atoms with van der Waals surface area (Å²) >= 11 is 1.89. The highest BCUT2D eigenvalue weighted by atomic mass is 32.2. The molecule has 0 saturated carbocycles. The SMILES string of the molecule is O=S(=O)(c1ccc2c(c1)CCCC2)N1CCCSC[C@@H]1CN1CCOCC1. The molecule has 2 saturated heterocycles. The summed E-state index contributed by atoms with van der Waals surface area (Å²) < 4.78 is 34.4. The number of ether oxygens (including phenoxy) is 1. The number of hydrogen-bond acceptors (Lipinski definition) is 5. The van der Waals surface area contributed by atoms with Gasteiger partial charge in [0.2, 0.25) is 10.0 Å². The molecule has 2 aliphatic heterocycles. The normalized spacial score (nSPS) is 25.7. The lowest BCUT2D eigenvalue weighted by Gasteiger charge is -2.35. The molecule has 0 radical (unpaired) electrons. The molecule has 1 aromatic rings. The number of hydrogen-bond donors (Lipinski definition) is 0. The van der Waals surface area contributed by atoms with Crippen molar-refractivity contribution < 1.29 is 13.2 Å². The molecule has 2 fully saturated rings. The van der Waals surface area contributed by atoms with Crippen LogP contribution in [0.5, 0.6) is 0 Å². The Balaban J connectivity index is 1.58. The zero-order valence-electron chi connectivity index (χ0n) is 15.9. The van der Waals surface area contributed by atoms with E-state index in [1.54, 1.807) is 4.31 Å². The third-order valence-corrected chi connectivity index (χ3v) is 9.03. The Labute approximate surface area is 167 Å². The second-order valence-electron chi connectivity index (χ2n) is 7.75. The van der Waals surface area contributed by atoms with E-state index in [-0.39, 0.29) is 6.04 Å². The van der Waals surface area contributed by atoms with Crippen LogP contribution >= 0.6 is 11.8 Å². The van der Waals surface area contributed by atoms with Crippen LogP contribution in [0.15, 0.2) is 23.1 Å². The highest BCUT2D eigenvalue weighted by Crippen LogP contribution is 2.29. The molecule has 0 amide bonds. The predicted molar refractivity (Wildman–Crippen MR) is 110 cm³/mol. The van der Waals surface area contributed by atoms with Gasteiger partial charge >= 0.3 is 0 Å². The highest BCUT2D eigenvalue weighted by Gasteiger charge is 2.34. The first-order valence-corrected chi connectivity index (χ1v) is 12.8. The topological polar surface area (TPSA) is 49.9 Å². The number of aryl methyl sites for hydroxylation is 2. The first-order valence-electron chi connectivity index (χ1n) is 10.2. The van der Waals surface area contributed by atoms with Gasteiger partial charge in [-0.1, -0.05) is 6.07 Å². The third-order valence-electron chi connectivity index (χ3n) is 5.88. The molecule has 0 N–H and O–H groups in total. The van der Waals surface area contributed by atoms with Gasteiger partial charge in [0.15, 0.2) is 0 Å². The summed E-state index contributed by atoms with van der Waals surface area (Å²) in [6, 6.07) is 5.87. The maximum absolute atomic E-state index is 13.6. The number of morpholine rings is 1. The van der Waals surface area contributed by atoms with Crippen LogP contribution in [0.2, 0.25) is 0 Å². The molecular formula is C20H30N2O3S2. The molecule has 2 heterocycles. The minimum Gasteiger partial charge on any atom is -0.379 e. The fourth-order valence-electron chi connectivity index (χ4n) is 4.36. The lowest BCUT2D eigenvalue weighted by atomic mass is 9.92. The molecule has 150 valence electrons. The van der Waals surface area contributed by atoms with Crippen LogP contribution in [0.4, 0.5) is 0 Å². The summed E-state index contributed by atoms with van der Waals surface area (Å²) in [5, 5.41) is 0. The van der Waals surface area contributed by atoms with Crippen LogP contribution in [-0.2, 0) is 27.6 Å². The Kier molecular flexibility index (Phi) is 6.44. The second kappa shape index (κ2) is 8.82. The van der Waals surface area contributed by atoms with Crippen molar-refractivity contribution in [3.05, 3.63) is 29.3 Å². The van der Waals surface area contributed by atoms with E-state index in [4.69, 9.17) is 4.74 Å². The van der Waals surface area contributed by atoms with E-state index in [1.165, 1.54) is 17.5 Å². The van der Waals surface area contributed by atoms with E-state index in [9.17, 15) is 8.42 Å². The van der Waals surface area contributed by atoms with Crippen LogP contribution in [0, 0.1) is 0 Å². The molecule has 0 bridgehead atoms. The van der Waals surface area contributed by atoms with Crippen LogP contribution in [-0.4, -0.2) is 74.6 Å². The summed E-state index contributed by atoms with van der Waals surface area (Å²) in [5.41, 5.74) is 2.56. The minimum absolute atomic E-state index is 0.0385. The van der Waals surface area contributed by atoms with Gasteiger partial charge < -0.3 is 4.74 Å². The fraction of sp³-hybridized carbons (Fsp3) is 0.700. The van der Waals surface area contributed by atoms with Crippen molar-refractivity contribution in [2.75, 3.05) is 50.9 Å². The zero-order valence-corrected chi connectivity index (χ0v) is 17.6. The largest absolute Gasteiger partial charge is 0.379 e. The first kappa shape index (κ1) is 19.7. The number of rotatable bonds is 4. The molecule has 27 heavy (non-hydrogen) atoms. The predicted octanol–water partition coefficient (Wildman–Crippen LogP) is 2.39. The van der Waals surface area contributed by atoms with Gasteiger partial charge in [-0.15, -0.1) is 0 Å². The monoisotopic (exact) mass is 410 g/mol. The van der Waals surface area contributed by atoms with Gasteiger partial charge in [0.25, 0.3) is 0 Å². The first-order chi connectivity index (χ1) is 13.1. The van der Waals surface area contributed by atoms with Gasteiger partial charge in [-0.2, -0.15) is 16.1 Å². The Hall–Kier alpha value is -0.600. The lowest BCUT2D eigenvalue weighted by molar-refractivity contribution is 0.0309.